The predicted molar refractivity (Wildman–Crippen MR) is 82.1 cm³/mol. The highest BCUT2D eigenvalue weighted by atomic mass is 16.6. The van der Waals surface area contributed by atoms with Crippen molar-refractivity contribution in [3.63, 3.8) is 0 Å². The van der Waals surface area contributed by atoms with Gasteiger partial charge in [0, 0.05) is 13.1 Å². The maximum atomic E-state index is 12.2. The summed E-state index contributed by atoms with van der Waals surface area (Å²) in [7, 11) is 0. The number of oxime groups is 1. The smallest absolute Gasteiger partial charge is 0.410 e. The first-order valence-electron chi connectivity index (χ1n) is 8.17. The number of hydrogen-bond donors (Lipinski definition) is 1. The maximum absolute atomic E-state index is 12.2. The Bertz CT molecular complexity index is 543. The molecule has 2 heterocycles. The third kappa shape index (κ3) is 2.88. The molecule has 0 aromatic carbocycles. The molecule has 0 aromatic rings. The monoisotopic (exact) mass is 324 g/mol. The number of carbonyl (C=O) groups is 2. The maximum Gasteiger partial charge on any atom is 0.410 e. The SMILES string of the molecule is CC(C)(C)OC(=O)N1CCC2(CC[C@H]3ON=C(C(=O)O)[C@H]32)CC1. The molecule has 3 rings (SSSR count). The molecule has 128 valence electrons. The molecule has 2 fully saturated rings. The van der Waals surface area contributed by atoms with Gasteiger partial charge in [-0.25, -0.2) is 9.59 Å². The normalized spacial score (nSPS) is 29.0. The Labute approximate surface area is 135 Å². The molecule has 1 aliphatic carbocycles. The lowest BCUT2D eigenvalue weighted by atomic mass is 9.68. The summed E-state index contributed by atoms with van der Waals surface area (Å²) in [5.74, 6) is -1.14. The first-order chi connectivity index (χ1) is 10.7. The lowest BCUT2D eigenvalue weighted by Gasteiger charge is -2.42. The second kappa shape index (κ2) is 5.39. The molecule has 1 amide bonds. The number of piperidine rings is 1. The van der Waals surface area contributed by atoms with Gasteiger partial charge in [0.25, 0.3) is 0 Å². The van der Waals surface area contributed by atoms with Gasteiger partial charge in [-0.15, -0.1) is 0 Å². The van der Waals surface area contributed by atoms with Crippen LogP contribution in [0.1, 0.15) is 46.5 Å². The Hall–Kier alpha value is -1.79. The summed E-state index contributed by atoms with van der Waals surface area (Å²) in [4.78, 5) is 30.6. The number of likely N-dealkylation sites (tertiary alicyclic amines) is 1. The summed E-state index contributed by atoms with van der Waals surface area (Å²) in [6.45, 7) is 6.73. The topological polar surface area (TPSA) is 88.4 Å². The minimum absolute atomic E-state index is 0.114. The number of ether oxygens (including phenoxy) is 1. The second-order valence-corrected chi connectivity index (χ2v) is 7.77. The summed E-state index contributed by atoms with van der Waals surface area (Å²) >= 11 is 0. The number of amides is 1. The average Bonchev–Trinajstić information content (AvgIpc) is 3.00. The van der Waals surface area contributed by atoms with Crippen LogP contribution in [0.15, 0.2) is 5.16 Å². The minimum Gasteiger partial charge on any atom is -0.477 e. The molecule has 0 radical (unpaired) electrons. The van der Waals surface area contributed by atoms with Crippen LogP contribution in [0.5, 0.6) is 0 Å². The van der Waals surface area contributed by atoms with E-state index in [4.69, 9.17) is 9.57 Å². The van der Waals surface area contributed by atoms with Crippen LogP contribution in [-0.2, 0) is 14.4 Å². The third-order valence-corrected chi connectivity index (χ3v) is 5.17. The van der Waals surface area contributed by atoms with Crippen LogP contribution in [-0.4, -0.2) is 52.6 Å². The summed E-state index contributed by atoms with van der Waals surface area (Å²) in [5, 5.41) is 13.1. The van der Waals surface area contributed by atoms with Crippen molar-refractivity contribution in [1.29, 1.82) is 0 Å². The van der Waals surface area contributed by atoms with Gasteiger partial charge in [0.2, 0.25) is 0 Å². The van der Waals surface area contributed by atoms with Crippen LogP contribution in [0.3, 0.4) is 0 Å². The van der Waals surface area contributed by atoms with Gasteiger partial charge < -0.3 is 19.6 Å². The fraction of sp³-hybridized carbons (Fsp3) is 0.812. The number of nitrogens with zero attached hydrogens (tertiary/aromatic N) is 2. The number of fused-ring (bicyclic) bond motifs is 2. The number of rotatable bonds is 1. The fourth-order valence-corrected chi connectivity index (χ4v) is 4.10. The lowest BCUT2D eigenvalue weighted by Crippen LogP contribution is -2.48. The first-order valence-corrected chi connectivity index (χ1v) is 8.17. The van der Waals surface area contributed by atoms with E-state index in [1.165, 1.54) is 0 Å². The molecule has 1 saturated heterocycles. The molecule has 7 heteroatoms. The quantitative estimate of drug-likeness (QED) is 0.799. The van der Waals surface area contributed by atoms with Crippen molar-refractivity contribution in [3.8, 4) is 0 Å². The molecule has 3 aliphatic rings. The van der Waals surface area contributed by atoms with Gasteiger partial charge in [0.05, 0.1) is 5.92 Å². The molecule has 0 aromatic heterocycles. The van der Waals surface area contributed by atoms with Gasteiger partial charge >= 0.3 is 12.1 Å². The van der Waals surface area contributed by atoms with Gasteiger partial charge in [0.15, 0.2) is 5.71 Å². The zero-order valence-corrected chi connectivity index (χ0v) is 13.9. The highest BCUT2D eigenvalue weighted by Gasteiger charge is 2.57. The van der Waals surface area contributed by atoms with Crippen molar-refractivity contribution in [2.24, 2.45) is 16.5 Å². The molecular formula is C16H24N2O5. The van der Waals surface area contributed by atoms with E-state index in [9.17, 15) is 14.7 Å². The van der Waals surface area contributed by atoms with Gasteiger partial charge in [0.1, 0.15) is 11.7 Å². The van der Waals surface area contributed by atoms with Crippen molar-refractivity contribution < 1.29 is 24.3 Å². The molecule has 0 bridgehead atoms. The van der Waals surface area contributed by atoms with Gasteiger partial charge in [-0.3, -0.25) is 0 Å². The van der Waals surface area contributed by atoms with Crippen LogP contribution < -0.4 is 0 Å². The van der Waals surface area contributed by atoms with Gasteiger partial charge in [-0.2, -0.15) is 0 Å². The van der Waals surface area contributed by atoms with E-state index in [-0.39, 0.29) is 29.2 Å². The van der Waals surface area contributed by atoms with Crippen LogP contribution in [0.4, 0.5) is 4.79 Å². The molecule has 7 nitrogen and oxygen atoms in total. The number of carboxylic acids is 1. The zero-order valence-electron chi connectivity index (χ0n) is 13.9. The van der Waals surface area contributed by atoms with Gasteiger partial charge in [-0.05, 0) is 51.9 Å². The van der Waals surface area contributed by atoms with Crippen molar-refractivity contribution in [2.75, 3.05) is 13.1 Å². The van der Waals surface area contributed by atoms with Crippen LogP contribution in [0.25, 0.3) is 0 Å². The molecular weight excluding hydrogens is 300 g/mol. The van der Waals surface area contributed by atoms with Crippen molar-refractivity contribution in [1.82, 2.24) is 4.90 Å². The Kier molecular flexibility index (Phi) is 3.77. The largest absolute Gasteiger partial charge is 0.477 e. The van der Waals surface area contributed by atoms with Crippen LogP contribution >= 0.6 is 0 Å². The van der Waals surface area contributed by atoms with Crippen molar-refractivity contribution >= 4 is 17.8 Å². The average molecular weight is 324 g/mol. The molecule has 2 aliphatic heterocycles. The van der Waals surface area contributed by atoms with Crippen molar-refractivity contribution in [3.05, 3.63) is 0 Å². The number of carboxylic acid groups (broad SMARTS) is 1. The van der Waals surface area contributed by atoms with E-state index in [1.807, 2.05) is 20.8 Å². The molecule has 1 saturated carbocycles. The zero-order chi connectivity index (χ0) is 16.8. The van der Waals surface area contributed by atoms with Crippen LogP contribution in [0.2, 0.25) is 0 Å². The molecule has 1 spiro atoms. The Morgan fingerprint density at radius 3 is 2.52 bits per heavy atom. The molecule has 23 heavy (non-hydrogen) atoms. The van der Waals surface area contributed by atoms with E-state index in [2.05, 4.69) is 5.16 Å². The number of aliphatic carboxylic acids is 1. The summed E-state index contributed by atoms with van der Waals surface area (Å²) in [6, 6.07) is 0. The summed E-state index contributed by atoms with van der Waals surface area (Å²) < 4.78 is 5.42. The molecule has 2 atom stereocenters. The number of hydrogen-bond acceptors (Lipinski definition) is 5. The Balaban J connectivity index is 1.67. The fourth-order valence-electron chi connectivity index (χ4n) is 4.10. The third-order valence-electron chi connectivity index (χ3n) is 5.17. The van der Waals surface area contributed by atoms with Crippen LogP contribution in [0, 0.1) is 11.3 Å². The molecule has 0 unspecified atom stereocenters. The van der Waals surface area contributed by atoms with E-state index in [0.29, 0.717) is 13.1 Å². The minimum atomic E-state index is -0.992. The predicted octanol–water partition coefficient (Wildman–Crippen LogP) is 2.25. The highest BCUT2D eigenvalue weighted by Crippen LogP contribution is 2.54. The molecule has 1 N–H and O–H groups in total. The number of carbonyl (C=O) groups excluding carboxylic acids is 1. The van der Waals surface area contributed by atoms with E-state index < -0.39 is 11.6 Å². The van der Waals surface area contributed by atoms with E-state index in [1.54, 1.807) is 4.90 Å². The van der Waals surface area contributed by atoms with Crippen molar-refractivity contribution in [2.45, 2.75) is 58.2 Å². The van der Waals surface area contributed by atoms with E-state index in [0.717, 1.165) is 25.7 Å². The van der Waals surface area contributed by atoms with Gasteiger partial charge in [-0.1, -0.05) is 5.16 Å². The highest BCUT2D eigenvalue weighted by molar-refractivity contribution is 6.37. The Morgan fingerprint density at radius 1 is 1.30 bits per heavy atom. The summed E-state index contributed by atoms with van der Waals surface area (Å²) in [6.07, 6.45) is 2.88. The first kappa shape index (κ1) is 16.1. The van der Waals surface area contributed by atoms with E-state index >= 15 is 0 Å². The Morgan fingerprint density at radius 2 is 1.96 bits per heavy atom. The standard InChI is InChI=1S/C16H24N2O5/c1-15(2,3)22-14(21)18-8-6-16(7-9-18)5-4-10-11(16)12(13(19)20)17-23-10/h10-11H,4-9H2,1-3H3,(H,19,20)/t10-,11+/m1/s1. The lowest BCUT2D eigenvalue weighted by molar-refractivity contribution is -0.129. The summed E-state index contributed by atoms with van der Waals surface area (Å²) in [5.41, 5.74) is -0.470. The second-order valence-electron chi connectivity index (χ2n) is 7.77.